The van der Waals surface area contributed by atoms with Gasteiger partial charge in [0.2, 0.25) is 0 Å². The SMILES string of the molecule is CCC(C)(CCCC(C)(CCCC(C)(C)C(=O)OCCO)C(=O)OC12CC3CC(CC(O)(C3)C1)C2)C(=O)OC(C)CC(O)(C(F)(F)F)C(F)(F)F. The largest absolute Gasteiger partial charge is 0.463 e. The Labute approximate surface area is 296 Å². The first-order chi connectivity index (χ1) is 23.2. The van der Waals surface area contributed by atoms with Gasteiger partial charge in [-0.1, -0.05) is 19.8 Å². The van der Waals surface area contributed by atoms with Crippen LogP contribution in [0.2, 0.25) is 0 Å². The van der Waals surface area contributed by atoms with Crippen molar-refractivity contribution in [3.05, 3.63) is 0 Å². The van der Waals surface area contributed by atoms with E-state index in [1.165, 1.54) is 6.92 Å². The summed E-state index contributed by atoms with van der Waals surface area (Å²) < 4.78 is 96.0. The van der Waals surface area contributed by atoms with Crippen LogP contribution in [0.3, 0.4) is 0 Å². The van der Waals surface area contributed by atoms with Crippen LogP contribution in [0.1, 0.15) is 131 Å². The Hall–Kier alpha value is -2.13. The van der Waals surface area contributed by atoms with E-state index >= 15 is 0 Å². The van der Waals surface area contributed by atoms with Gasteiger partial charge < -0.3 is 29.5 Å². The maximum atomic E-state index is 14.2. The zero-order valence-electron chi connectivity index (χ0n) is 30.6. The Kier molecular flexibility index (Phi) is 13.0. The summed E-state index contributed by atoms with van der Waals surface area (Å²) in [6, 6.07) is 0. The minimum Gasteiger partial charge on any atom is -0.463 e. The number of carbonyl (C=O) groups is 3. The topological polar surface area (TPSA) is 140 Å². The Morgan fingerprint density at radius 3 is 1.78 bits per heavy atom. The molecule has 5 atom stereocenters. The van der Waals surface area contributed by atoms with Crippen LogP contribution in [0.5, 0.6) is 0 Å². The molecule has 9 nitrogen and oxygen atoms in total. The molecule has 4 saturated carbocycles. The van der Waals surface area contributed by atoms with Crippen LogP contribution in [0.4, 0.5) is 26.3 Å². The van der Waals surface area contributed by atoms with Crippen LogP contribution in [-0.2, 0) is 28.6 Å². The highest BCUT2D eigenvalue weighted by Crippen LogP contribution is 2.59. The van der Waals surface area contributed by atoms with Gasteiger partial charge in [-0.3, -0.25) is 14.4 Å². The number of aliphatic hydroxyl groups excluding tert-OH is 1. The molecule has 0 aromatic carbocycles. The van der Waals surface area contributed by atoms with Gasteiger partial charge in [-0.25, -0.2) is 0 Å². The summed E-state index contributed by atoms with van der Waals surface area (Å²) in [7, 11) is 0. The van der Waals surface area contributed by atoms with E-state index in [1.54, 1.807) is 27.7 Å². The lowest BCUT2D eigenvalue weighted by molar-refractivity contribution is -0.373. The summed E-state index contributed by atoms with van der Waals surface area (Å²) in [4.78, 5) is 39.9. The van der Waals surface area contributed by atoms with Crippen molar-refractivity contribution in [2.24, 2.45) is 28.1 Å². The quantitative estimate of drug-likeness (QED) is 0.0761. The lowest BCUT2D eigenvalue weighted by Crippen LogP contribution is -2.61. The number of ether oxygens (including phenoxy) is 3. The molecule has 0 aromatic rings. The Balaban J connectivity index is 1.74. The summed E-state index contributed by atoms with van der Waals surface area (Å²) in [5.74, 6) is -1.50. The van der Waals surface area contributed by atoms with Crippen molar-refractivity contribution in [3.8, 4) is 0 Å². The highest BCUT2D eigenvalue weighted by molar-refractivity contribution is 5.78. The molecule has 296 valence electrons. The lowest BCUT2D eigenvalue weighted by Gasteiger charge is -2.59. The number of hydrogen-bond acceptors (Lipinski definition) is 9. The molecule has 3 N–H and O–H groups in total. The van der Waals surface area contributed by atoms with E-state index in [9.17, 15) is 50.9 Å². The van der Waals surface area contributed by atoms with Gasteiger partial charge in [-0.15, -0.1) is 0 Å². The van der Waals surface area contributed by atoms with E-state index in [0.29, 0.717) is 44.9 Å². The van der Waals surface area contributed by atoms with E-state index in [0.717, 1.165) is 13.3 Å². The van der Waals surface area contributed by atoms with Gasteiger partial charge >= 0.3 is 30.3 Å². The average molecular weight is 747 g/mol. The normalized spacial score (nSPS) is 28.1. The smallest absolute Gasteiger partial charge is 0.426 e. The maximum absolute atomic E-state index is 14.2. The van der Waals surface area contributed by atoms with Crippen molar-refractivity contribution >= 4 is 17.9 Å². The van der Waals surface area contributed by atoms with Gasteiger partial charge in [-0.2, -0.15) is 26.3 Å². The number of halogens is 6. The first kappa shape index (κ1) is 43.3. The van der Waals surface area contributed by atoms with Crippen LogP contribution in [0, 0.1) is 28.1 Å². The van der Waals surface area contributed by atoms with Gasteiger partial charge in [0.15, 0.2) is 0 Å². The fraction of sp³-hybridized carbons (Fsp3) is 0.917. The number of alkyl halides is 6. The highest BCUT2D eigenvalue weighted by Gasteiger charge is 2.70. The second-order valence-electron chi connectivity index (χ2n) is 17.0. The van der Waals surface area contributed by atoms with Crippen molar-refractivity contribution < 1.29 is 70.3 Å². The van der Waals surface area contributed by atoms with Crippen LogP contribution in [0.25, 0.3) is 0 Å². The summed E-state index contributed by atoms with van der Waals surface area (Å²) in [5, 5.41) is 29.8. The molecule has 0 amide bonds. The first-order valence-corrected chi connectivity index (χ1v) is 18.0. The molecular formula is C36H56F6O9. The summed E-state index contributed by atoms with van der Waals surface area (Å²) in [6.07, 6.45) is -10.3. The molecule has 4 fully saturated rings. The second kappa shape index (κ2) is 15.3. The number of hydrogen-bond donors (Lipinski definition) is 3. The molecule has 0 radical (unpaired) electrons. The minimum absolute atomic E-state index is 0.0781. The van der Waals surface area contributed by atoms with Crippen LogP contribution in [-0.4, -0.2) is 81.7 Å². The number of rotatable bonds is 18. The predicted octanol–water partition coefficient (Wildman–Crippen LogP) is 7.12. The number of aliphatic hydroxyl groups is 3. The van der Waals surface area contributed by atoms with Crippen molar-refractivity contribution in [1.29, 1.82) is 0 Å². The molecule has 4 aliphatic carbocycles. The van der Waals surface area contributed by atoms with Gasteiger partial charge in [0.05, 0.1) is 28.5 Å². The molecule has 0 spiro atoms. The lowest BCUT2D eigenvalue weighted by atomic mass is 9.52. The molecule has 4 rings (SSSR count). The molecule has 0 saturated heterocycles. The van der Waals surface area contributed by atoms with E-state index in [1.807, 2.05) is 0 Å². The van der Waals surface area contributed by atoms with Gasteiger partial charge in [-0.05, 0) is 111 Å². The van der Waals surface area contributed by atoms with Gasteiger partial charge in [0.25, 0.3) is 5.60 Å². The molecular weight excluding hydrogens is 690 g/mol. The molecule has 15 heteroatoms. The van der Waals surface area contributed by atoms with Crippen molar-refractivity contribution in [2.45, 2.75) is 167 Å². The van der Waals surface area contributed by atoms with Crippen LogP contribution < -0.4 is 0 Å². The zero-order valence-corrected chi connectivity index (χ0v) is 30.6. The van der Waals surface area contributed by atoms with Gasteiger partial charge in [0, 0.05) is 12.8 Å². The van der Waals surface area contributed by atoms with E-state index in [2.05, 4.69) is 0 Å². The standard InChI is InChI=1S/C36H56F6O9/c1-7-30(5,27(45)50-23(2)17-34(48,35(37,38)39)36(40,41)42)11-9-13-31(6,12-8-10-29(3,4)26(44)49-15-14-43)28(46)51-33-20-24-16-25(21-33)19-32(47,18-24)22-33/h23-25,43,47-48H,7-22H2,1-6H3. The molecule has 0 aromatic heterocycles. The monoisotopic (exact) mass is 746 g/mol. The predicted molar refractivity (Wildman–Crippen MR) is 172 cm³/mol. The zero-order chi connectivity index (χ0) is 38.9. The number of carbonyl (C=O) groups excluding carboxylic acids is 3. The number of esters is 3. The average Bonchev–Trinajstić information content (AvgIpc) is 2.96. The van der Waals surface area contributed by atoms with E-state index < -0.39 is 75.8 Å². The fourth-order valence-corrected chi connectivity index (χ4v) is 8.72. The van der Waals surface area contributed by atoms with E-state index in [-0.39, 0.29) is 57.2 Å². The molecule has 4 aliphatic rings. The maximum Gasteiger partial charge on any atom is 0.426 e. The minimum atomic E-state index is -6.05. The highest BCUT2D eigenvalue weighted by atomic mass is 19.4. The Morgan fingerprint density at radius 1 is 0.804 bits per heavy atom. The first-order valence-electron chi connectivity index (χ1n) is 18.0. The molecule has 51 heavy (non-hydrogen) atoms. The molecule has 4 bridgehead atoms. The molecule has 0 aliphatic heterocycles. The van der Waals surface area contributed by atoms with Gasteiger partial charge in [0.1, 0.15) is 18.3 Å². The molecule has 0 heterocycles. The van der Waals surface area contributed by atoms with Crippen molar-refractivity contribution in [2.75, 3.05) is 13.2 Å². The van der Waals surface area contributed by atoms with Crippen molar-refractivity contribution in [1.82, 2.24) is 0 Å². The molecule has 5 unspecified atom stereocenters. The summed E-state index contributed by atoms with van der Waals surface area (Å²) in [6.45, 7) is 8.61. The van der Waals surface area contributed by atoms with Crippen LogP contribution in [0.15, 0.2) is 0 Å². The van der Waals surface area contributed by atoms with Crippen molar-refractivity contribution in [3.63, 3.8) is 0 Å². The summed E-state index contributed by atoms with van der Waals surface area (Å²) >= 11 is 0. The third-order valence-corrected chi connectivity index (χ3v) is 11.7. The third-order valence-electron chi connectivity index (χ3n) is 11.7. The van der Waals surface area contributed by atoms with Crippen LogP contribution >= 0.6 is 0 Å². The summed E-state index contributed by atoms with van der Waals surface area (Å²) in [5.41, 5.74) is -10.1. The Morgan fingerprint density at radius 2 is 1.31 bits per heavy atom. The Bertz CT molecular complexity index is 1220. The fourth-order valence-electron chi connectivity index (χ4n) is 8.72. The second-order valence-corrected chi connectivity index (χ2v) is 17.0. The van der Waals surface area contributed by atoms with E-state index in [4.69, 9.17) is 19.3 Å². The third kappa shape index (κ3) is 9.90.